The SMILES string of the molecule is CC[C@@H]1C[C@](O)(C(F)(F)F)[C@@H](Nc2cccc3[nH]c(=O)ccc23)c2cc(Cl)c(C)c(O)c21. The predicted octanol–water partition coefficient (Wildman–Crippen LogP) is 5.54. The van der Waals surface area contributed by atoms with Crippen molar-refractivity contribution >= 4 is 28.2 Å². The minimum Gasteiger partial charge on any atom is -0.507 e. The highest BCUT2D eigenvalue weighted by molar-refractivity contribution is 6.31. The number of aliphatic hydroxyl groups is 1. The molecule has 0 radical (unpaired) electrons. The van der Waals surface area contributed by atoms with E-state index in [1.165, 1.54) is 18.2 Å². The van der Waals surface area contributed by atoms with Gasteiger partial charge in [-0.2, -0.15) is 13.2 Å². The first kappa shape index (κ1) is 22.5. The van der Waals surface area contributed by atoms with Gasteiger partial charge in [0.1, 0.15) is 5.75 Å². The van der Waals surface area contributed by atoms with Crippen molar-refractivity contribution in [2.24, 2.45) is 0 Å². The van der Waals surface area contributed by atoms with E-state index in [9.17, 15) is 28.2 Å². The Kier molecular flexibility index (Phi) is 5.41. The molecule has 1 heterocycles. The highest BCUT2D eigenvalue weighted by Gasteiger charge is 2.62. The number of hydrogen-bond acceptors (Lipinski definition) is 4. The molecule has 0 saturated carbocycles. The Morgan fingerprint density at radius 2 is 2.00 bits per heavy atom. The van der Waals surface area contributed by atoms with Crippen molar-refractivity contribution in [3.05, 3.63) is 68.5 Å². The lowest BCUT2D eigenvalue weighted by Crippen LogP contribution is -2.55. The molecule has 1 aromatic heterocycles. The van der Waals surface area contributed by atoms with E-state index in [0.717, 1.165) is 0 Å². The van der Waals surface area contributed by atoms with Crippen LogP contribution in [0, 0.1) is 6.92 Å². The number of halogens is 4. The van der Waals surface area contributed by atoms with Crippen LogP contribution < -0.4 is 10.9 Å². The van der Waals surface area contributed by atoms with Gasteiger partial charge in [0.2, 0.25) is 5.56 Å². The number of phenolic OH excluding ortho intramolecular Hbond substituents is 1. The van der Waals surface area contributed by atoms with Gasteiger partial charge in [-0.25, -0.2) is 0 Å². The Labute approximate surface area is 186 Å². The molecule has 1 aliphatic rings. The average molecular weight is 467 g/mol. The van der Waals surface area contributed by atoms with Crippen LogP contribution in [0.25, 0.3) is 10.9 Å². The Bertz CT molecular complexity index is 1260. The normalized spacial score (nSPS) is 23.2. The maximum atomic E-state index is 14.3. The number of alkyl halides is 3. The van der Waals surface area contributed by atoms with Crippen LogP contribution in [0.1, 0.15) is 48.4 Å². The smallest absolute Gasteiger partial charge is 0.419 e. The average Bonchev–Trinajstić information content (AvgIpc) is 2.72. The van der Waals surface area contributed by atoms with E-state index in [4.69, 9.17) is 11.6 Å². The van der Waals surface area contributed by atoms with E-state index in [2.05, 4.69) is 10.3 Å². The zero-order valence-corrected chi connectivity index (χ0v) is 18.1. The van der Waals surface area contributed by atoms with Gasteiger partial charge in [-0.15, -0.1) is 0 Å². The molecule has 4 rings (SSSR count). The van der Waals surface area contributed by atoms with Crippen LogP contribution in [0.4, 0.5) is 18.9 Å². The summed E-state index contributed by atoms with van der Waals surface area (Å²) in [6.07, 6.45) is -5.28. The van der Waals surface area contributed by atoms with Gasteiger partial charge < -0.3 is 20.5 Å². The topological polar surface area (TPSA) is 85.4 Å². The Balaban J connectivity index is 1.97. The van der Waals surface area contributed by atoms with Crippen molar-refractivity contribution in [3.63, 3.8) is 0 Å². The number of pyridine rings is 1. The van der Waals surface area contributed by atoms with Crippen LogP contribution in [0.15, 0.2) is 41.2 Å². The third-order valence-corrected chi connectivity index (χ3v) is 6.76. The number of aromatic hydroxyl groups is 1. The first-order valence-electron chi connectivity index (χ1n) is 10.2. The summed E-state index contributed by atoms with van der Waals surface area (Å²) >= 11 is 6.24. The van der Waals surface area contributed by atoms with Gasteiger partial charge in [-0.3, -0.25) is 4.79 Å². The summed E-state index contributed by atoms with van der Waals surface area (Å²) in [5.41, 5.74) is -1.90. The number of H-pyrrole nitrogens is 1. The van der Waals surface area contributed by atoms with Crippen LogP contribution in [-0.2, 0) is 0 Å². The molecule has 3 atom stereocenters. The summed E-state index contributed by atoms with van der Waals surface area (Å²) in [5.74, 6) is -0.868. The lowest BCUT2D eigenvalue weighted by molar-refractivity contribution is -0.272. The van der Waals surface area contributed by atoms with Crippen molar-refractivity contribution < 1.29 is 23.4 Å². The molecule has 1 aliphatic carbocycles. The Morgan fingerprint density at radius 3 is 2.66 bits per heavy atom. The first-order valence-corrected chi connectivity index (χ1v) is 10.5. The van der Waals surface area contributed by atoms with Crippen molar-refractivity contribution in [1.82, 2.24) is 4.98 Å². The van der Waals surface area contributed by atoms with Gasteiger partial charge in [0.15, 0.2) is 5.60 Å². The highest BCUT2D eigenvalue weighted by atomic mass is 35.5. The summed E-state index contributed by atoms with van der Waals surface area (Å²) in [6, 6.07) is 7.31. The van der Waals surface area contributed by atoms with Gasteiger partial charge >= 0.3 is 6.18 Å². The summed E-state index contributed by atoms with van der Waals surface area (Å²) in [6.45, 7) is 3.31. The molecule has 170 valence electrons. The number of aromatic nitrogens is 1. The molecule has 0 bridgehead atoms. The number of hydrogen-bond donors (Lipinski definition) is 4. The van der Waals surface area contributed by atoms with E-state index in [0.29, 0.717) is 34.1 Å². The maximum absolute atomic E-state index is 14.3. The maximum Gasteiger partial charge on any atom is 0.419 e. The fourth-order valence-electron chi connectivity index (χ4n) is 4.59. The van der Waals surface area contributed by atoms with E-state index in [-0.39, 0.29) is 21.9 Å². The molecular formula is C23H22ClF3N2O3. The van der Waals surface area contributed by atoms with Crippen LogP contribution in [0.5, 0.6) is 5.75 Å². The van der Waals surface area contributed by atoms with Crippen molar-refractivity contribution in [2.75, 3.05) is 5.32 Å². The minimum atomic E-state index is -4.96. The Hall–Kier alpha value is -2.71. The number of phenols is 1. The van der Waals surface area contributed by atoms with E-state index < -0.39 is 30.2 Å². The molecule has 0 fully saturated rings. The number of fused-ring (bicyclic) bond motifs is 2. The second-order valence-electron chi connectivity index (χ2n) is 8.23. The molecular weight excluding hydrogens is 445 g/mol. The molecule has 0 aliphatic heterocycles. The summed E-state index contributed by atoms with van der Waals surface area (Å²) in [7, 11) is 0. The van der Waals surface area contributed by atoms with Gasteiger partial charge in [0.25, 0.3) is 0 Å². The van der Waals surface area contributed by atoms with Crippen molar-refractivity contribution in [2.45, 2.75) is 50.4 Å². The van der Waals surface area contributed by atoms with Crippen LogP contribution in [-0.4, -0.2) is 27.0 Å². The largest absolute Gasteiger partial charge is 0.507 e. The van der Waals surface area contributed by atoms with Gasteiger partial charge in [-0.1, -0.05) is 24.6 Å². The van der Waals surface area contributed by atoms with E-state index in [1.54, 1.807) is 32.0 Å². The van der Waals surface area contributed by atoms with E-state index >= 15 is 0 Å². The second kappa shape index (κ2) is 7.71. The minimum absolute atomic E-state index is 0.0949. The fourth-order valence-corrected chi connectivity index (χ4v) is 4.80. The lowest BCUT2D eigenvalue weighted by atomic mass is 9.68. The first-order chi connectivity index (χ1) is 15.0. The summed E-state index contributed by atoms with van der Waals surface area (Å²) < 4.78 is 42.9. The standard InChI is InChI=1S/C23H22ClF3N2O3/c1-3-12-10-22(32,23(25,26)27)21(14-9-15(24)11(2)20(31)19(12)14)29-17-6-4-5-16-13(17)7-8-18(30)28-16/h4-9,12,21,29,31-32H,3,10H2,1-2H3,(H,28,30)/t12-,21+,22-/m1/s1. The number of rotatable bonds is 3. The predicted molar refractivity (Wildman–Crippen MR) is 117 cm³/mol. The van der Waals surface area contributed by atoms with Gasteiger partial charge in [0.05, 0.1) is 11.6 Å². The monoisotopic (exact) mass is 466 g/mol. The molecule has 0 saturated heterocycles. The molecule has 0 spiro atoms. The molecule has 0 amide bonds. The summed E-state index contributed by atoms with van der Waals surface area (Å²) in [4.78, 5) is 14.3. The third kappa shape index (κ3) is 3.42. The number of anilines is 1. The molecule has 9 heteroatoms. The zero-order valence-electron chi connectivity index (χ0n) is 17.3. The second-order valence-corrected chi connectivity index (χ2v) is 8.64. The zero-order chi connectivity index (χ0) is 23.4. The van der Waals surface area contributed by atoms with Gasteiger partial charge in [-0.05, 0) is 55.5 Å². The van der Waals surface area contributed by atoms with Crippen molar-refractivity contribution in [1.29, 1.82) is 0 Å². The number of benzene rings is 2. The highest BCUT2D eigenvalue weighted by Crippen LogP contribution is 2.56. The van der Waals surface area contributed by atoms with Crippen LogP contribution >= 0.6 is 11.6 Å². The van der Waals surface area contributed by atoms with Crippen molar-refractivity contribution in [3.8, 4) is 5.75 Å². The number of nitrogens with one attached hydrogen (secondary N) is 2. The molecule has 0 unspecified atom stereocenters. The molecule has 4 N–H and O–H groups in total. The van der Waals surface area contributed by atoms with Gasteiger partial charge in [0, 0.05) is 33.3 Å². The number of aromatic amines is 1. The Morgan fingerprint density at radius 1 is 1.28 bits per heavy atom. The molecule has 2 aromatic carbocycles. The quantitative estimate of drug-likeness (QED) is 0.408. The third-order valence-electron chi connectivity index (χ3n) is 6.37. The van der Waals surface area contributed by atoms with E-state index in [1.807, 2.05) is 0 Å². The van der Waals surface area contributed by atoms with Crippen LogP contribution in [0.3, 0.4) is 0 Å². The summed E-state index contributed by atoms with van der Waals surface area (Å²) in [5, 5.41) is 25.3. The molecule has 5 nitrogen and oxygen atoms in total. The fraction of sp³-hybridized carbons (Fsp3) is 0.348. The molecule has 3 aromatic rings. The molecule has 32 heavy (non-hydrogen) atoms. The van der Waals surface area contributed by atoms with Crippen LogP contribution in [0.2, 0.25) is 5.02 Å². The lowest BCUT2D eigenvalue weighted by Gasteiger charge is -2.46.